The minimum Gasteiger partial charge on any atom is -0.293 e. The van der Waals surface area contributed by atoms with Crippen molar-refractivity contribution in [3.05, 3.63) is 46.2 Å². The summed E-state index contributed by atoms with van der Waals surface area (Å²) >= 11 is 1.84. The van der Waals surface area contributed by atoms with Gasteiger partial charge in [-0.2, -0.15) is 10.2 Å². The fourth-order valence-corrected chi connectivity index (χ4v) is 4.35. The van der Waals surface area contributed by atoms with Crippen LogP contribution in [0.25, 0.3) is 10.6 Å². The van der Waals surface area contributed by atoms with Crippen LogP contribution in [0.4, 0.5) is 0 Å². The second-order valence-electron chi connectivity index (χ2n) is 7.48. The van der Waals surface area contributed by atoms with Crippen LogP contribution in [-0.2, 0) is 24.9 Å². The van der Waals surface area contributed by atoms with Crippen molar-refractivity contribution in [3.63, 3.8) is 0 Å². The fourth-order valence-electron chi connectivity index (χ4n) is 3.33. The van der Waals surface area contributed by atoms with Crippen LogP contribution < -0.4 is 0 Å². The molecule has 4 rings (SSSR count). The summed E-state index contributed by atoms with van der Waals surface area (Å²) in [6.45, 7) is 9.76. The lowest BCUT2D eigenvalue weighted by molar-refractivity contribution is 0.245. The van der Waals surface area contributed by atoms with Gasteiger partial charge in [0.2, 0.25) is 0 Å². The van der Waals surface area contributed by atoms with E-state index in [4.69, 9.17) is 0 Å². The van der Waals surface area contributed by atoms with Crippen molar-refractivity contribution in [3.8, 4) is 10.6 Å². The molecule has 1 aliphatic rings. The van der Waals surface area contributed by atoms with Gasteiger partial charge in [-0.15, -0.1) is 11.3 Å². The maximum atomic E-state index is 4.59. The molecule has 0 amide bonds. The first-order valence-electron chi connectivity index (χ1n) is 8.38. The van der Waals surface area contributed by atoms with Crippen LogP contribution in [0.1, 0.15) is 42.6 Å². The third-order valence-corrected chi connectivity index (χ3v) is 5.63. The Morgan fingerprint density at radius 2 is 2.08 bits per heavy atom. The van der Waals surface area contributed by atoms with Gasteiger partial charge >= 0.3 is 0 Å². The van der Waals surface area contributed by atoms with Gasteiger partial charge in [0.05, 0.1) is 16.3 Å². The lowest BCUT2D eigenvalue weighted by Crippen LogP contribution is -2.31. The first-order valence-corrected chi connectivity index (χ1v) is 9.20. The van der Waals surface area contributed by atoms with Crippen molar-refractivity contribution in [1.82, 2.24) is 25.3 Å². The Hall–Kier alpha value is -1.92. The number of nitrogens with zero attached hydrogens (tertiary/aromatic N) is 3. The zero-order chi connectivity index (χ0) is 16.7. The highest BCUT2D eigenvalue weighted by atomic mass is 32.1. The molecule has 4 heterocycles. The Morgan fingerprint density at radius 3 is 2.83 bits per heavy atom. The third kappa shape index (κ3) is 2.91. The molecule has 3 aromatic heterocycles. The molecule has 126 valence electrons. The van der Waals surface area contributed by atoms with Crippen LogP contribution in [0.3, 0.4) is 0 Å². The Kier molecular flexibility index (Phi) is 3.81. The molecule has 0 unspecified atom stereocenters. The summed E-state index contributed by atoms with van der Waals surface area (Å²) in [6, 6.07) is 6.43. The van der Waals surface area contributed by atoms with Gasteiger partial charge in [-0.1, -0.05) is 20.8 Å². The van der Waals surface area contributed by atoms with Crippen molar-refractivity contribution in [2.45, 2.75) is 45.7 Å². The molecule has 24 heavy (non-hydrogen) atoms. The summed E-state index contributed by atoms with van der Waals surface area (Å²) in [6.07, 6.45) is 2.85. The van der Waals surface area contributed by atoms with E-state index in [1.165, 1.54) is 26.7 Å². The summed E-state index contributed by atoms with van der Waals surface area (Å²) in [7, 11) is 0. The van der Waals surface area contributed by atoms with Crippen LogP contribution in [-0.4, -0.2) is 31.8 Å². The van der Waals surface area contributed by atoms with Crippen LogP contribution in [0, 0.1) is 0 Å². The minimum absolute atomic E-state index is 0.0871. The fraction of sp³-hybridized carbons (Fsp3) is 0.444. The van der Waals surface area contributed by atoms with Crippen LogP contribution in [0.15, 0.2) is 24.4 Å². The molecule has 0 atom stereocenters. The highest BCUT2D eigenvalue weighted by molar-refractivity contribution is 7.15. The van der Waals surface area contributed by atoms with Gasteiger partial charge in [0.25, 0.3) is 0 Å². The molecule has 3 aromatic rings. The van der Waals surface area contributed by atoms with E-state index in [1.807, 2.05) is 17.4 Å². The topological polar surface area (TPSA) is 60.6 Å². The van der Waals surface area contributed by atoms with E-state index in [1.54, 1.807) is 6.20 Å². The van der Waals surface area contributed by atoms with Gasteiger partial charge in [-0.25, -0.2) is 0 Å². The SMILES string of the molecule is CC(C)(C)c1n[nH]c2c1CN(Cc1ccc(-c3ccn[nH]3)s1)CC2. The zero-order valence-corrected chi connectivity index (χ0v) is 15.2. The van der Waals surface area contributed by atoms with Crippen molar-refractivity contribution < 1.29 is 0 Å². The van der Waals surface area contributed by atoms with Gasteiger partial charge in [0.15, 0.2) is 0 Å². The first-order chi connectivity index (χ1) is 11.5. The largest absolute Gasteiger partial charge is 0.293 e. The summed E-state index contributed by atoms with van der Waals surface area (Å²) in [4.78, 5) is 5.16. The van der Waals surface area contributed by atoms with E-state index in [9.17, 15) is 0 Å². The average Bonchev–Trinajstić information content (AvgIpc) is 3.26. The molecule has 2 N–H and O–H groups in total. The van der Waals surface area contributed by atoms with Gasteiger partial charge in [-0.05, 0) is 18.2 Å². The molecular weight excluding hydrogens is 318 g/mol. The zero-order valence-electron chi connectivity index (χ0n) is 14.4. The number of aromatic amines is 2. The highest BCUT2D eigenvalue weighted by Gasteiger charge is 2.28. The Balaban J connectivity index is 1.50. The average molecular weight is 341 g/mol. The predicted octanol–water partition coefficient (Wildman–Crippen LogP) is 3.72. The molecule has 6 heteroatoms. The molecule has 0 fully saturated rings. The van der Waals surface area contributed by atoms with E-state index in [-0.39, 0.29) is 5.41 Å². The molecule has 0 spiro atoms. The Bertz CT molecular complexity index is 822. The van der Waals surface area contributed by atoms with E-state index in [0.717, 1.165) is 31.7 Å². The van der Waals surface area contributed by atoms with Gasteiger partial charge in [0, 0.05) is 53.8 Å². The van der Waals surface area contributed by atoms with Crippen molar-refractivity contribution >= 4 is 11.3 Å². The molecule has 0 aromatic carbocycles. The number of rotatable bonds is 3. The maximum Gasteiger partial charge on any atom is 0.0749 e. The molecule has 1 aliphatic heterocycles. The van der Waals surface area contributed by atoms with Crippen LogP contribution >= 0.6 is 11.3 Å². The third-order valence-electron chi connectivity index (χ3n) is 4.53. The molecule has 0 saturated heterocycles. The first kappa shape index (κ1) is 15.6. The van der Waals surface area contributed by atoms with Gasteiger partial charge in [0.1, 0.15) is 0 Å². The number of aromatic nitrogens is 4. The Labute approximate surface area is 146 Å². The van der Waals surface area contributed by atoms with Crippen LogP contribution in [0.2, 0.25) is 0 Å². The summed E-state index contributed by atoms with van der Waals surface area (Å²) in [5.41, 5.74) is 5.12. The number of fused-ring (bicyclic) bond motifs is 1. The number of thiophene rings is 1. The predicted molar refractivity (Wildman–Crippen MR) is 97.0 cm³/mol. The summed E-state index contributed by atoms with van der Waals surface area (Å²) < 4.78 is 0. The Morgan fingerprint density at radius 1 is 1.21 bits per heavy atom. The van der Waals surface area contributed by atoms with E-state index in [2.05, 4.69) is 58.2 Å². The smallest absolute Gasteiger partial charge is 0.0749 e. The van der Waals surface area contributed by atoms with Gasteiger partial charge in [-0.3, -0.25) is 15.1 Å². The molecular formula is C18H23N5S. The second-order valence-corrected chi connectivity index (χ2v) is 8.64. The monoisotopic (exact) mass is 341 g/mol. The van der Waals surface area contributed by atoms with E-state index >= 15 is 0 Å². The lowest BCUT2D eigenvalue weighted by Gasteiger charge is -2.28. The second kappa shape index (κ2) is 5.86. The summed E-state index contributed by atoms with van der Waals surface area (Å²) in [5, 5.41) is 14.9. The lowest BCUT2D eigenvalue weighted by atomic mass is 9.87. The van der Waals surface area contributed by atoms with Crippen molar-refractivity contribution in [2.24, 2.45) is 0 Å². The maximum absolute atomic E-state index is 4.59. The van der Waals surface area contributed by atoms with Crippen molar-refractivity contribution in [1.29, 1.82) is 0 Å². The van der Waals surface area contributed by atoms with Crippen LogP contribution in [0.5, 0.6) is 0 Å². The number of H-pyrrole nitrogens is 2. The number of hydrogen-bond acceptors (Lipinski definition) is 4. The normalized spacial score (nSPS) is 15.6. The number of hydrogen-bond donors (Lipinski definition) is 2. The standard InChI is InChI=1S/C18H23N5S/c1-18(2,3)17-13-11-23(9-7-14(13)21-22-17)10-12-4-5-16(24-12)15-6-8-19-20-15/h4-6,8H,7,9-11H2,1-3H3,(H,19,20)(H,21,22). The molecule has 5 nitrogen and oxygen atoms in total. The molecule has 0 radical (unpaired) electrons. The highest BCUT2D eigenvalue weighted by Crippen LogP contribution is 2.31. The summed E-state index contributed by atoms with van der Waals surface area (Å²) in [5.74, 6) is 0. The van der Waals surface area contributed by atoms with Gasteiger partial charge < -0.3 is 0 Å². The molecule has 0 bridgehead atoms. The minimum atomic E-state index is 0.0871. The van der Waals surface area contributed by atoms with E-state index in [0.29, 0.717) is 0 Å². The molecule has 0 saturated carbocycles. The molecule has 0 aliphatic carbocycles. The van der Waals surface area contributed by atoms with Crippen molar-refractivity contribution in [2.75, 3.05) is 6.54 Å². The number of nitrogens with one attached hydrogen (secondary N) is 2. The van der Waals surface area contributed by atoms with E-state index < -0.39 is 0 Å². The quantitative estimate of drug-likeness (QED) is 0.763.